The first-order valence-electron chi connectivity index (χ1n) is 7.60. The van der Waals surface area contributed by atoms with Gasteiger partial charge in [-0.2, -0.15) is 0 Å². The minimum atomic E-state index is 0.364. The van der Waals surface area contributed by atoms with Crippen LogP contribution in [0.3, 0.4) is 0 Å². The standard InChI is InChI=1S/C14H23N5O/c1-12-16-15-11-18(12)10-9-17-7-4-13(5-8-17)19-6-2-3-14(19)20/h11,13H,2-10H2,1H3. The Morgan fingerprint density at radius 3 is 2.65 bits per heavy atom. The third-order valence-electron chi connectivity index (χ3n) is 4.57. The zero-order chi connectivity index (χ0) is 13.9. The van der Waals surface area contributed by atoms with Crippen LogP contribution in [0.15, 0.2) is 6.33 Å². The largest absolute Gasteiger partial charge is 0.340 e. The number of nitrogens with zero attached hydrogens (tertiary/aromatic N) is 5. The van der Waals surface area contributed by atoms with Crippen molar-refractivity contribution in [3.63, 3.8) is 0 Å². The van der Waals surface area contributed by atoms with Gasteiger partial charge in [-0.15, -0.1) is 10.2 Å². The van der Waals surface area contributed by atoms with Crippen molar-refractivity contribution in [2.24, 2.45) is 0 Å². The van der Waals surface area contributed by atoms with Gasteiger partial charge in [0.25, 0.3) is 0 Å². The molecule has 0 saturated carbocycles. The average molecular weight is 277 g/mol. The molecule has 110 valence electrons. The molecule has 6 nitrogen and oxygen atoms in total. The van der Waals surface area contributed by atoms with Crippen LogP contribution in [0.4, 0.5) is 0 Å². The van der Waals surface area contributed by atoms with Gasteiger partial charge in [0.1, 0.15) is 12.2 Å². The van der Waals surface area contributed by atoms with Gasteiger partial charge in [0, 0.05) is 45.2 Å². The molecule has 1 aromatic heterocycles. The Labute approximate surface area is 119 Å². The highest BCUT2D eigenvalue weighted by Crippen LogP contribution is 2.21. The quantitative estimate of drug-likeness (QED) is 0.812. The molecule has 3 rings (SSSR count). The number of aryl methyl sites for hydroxylation is 1. The summed E-state index contributed by atoms with van der Waals surface area (Å²) in [6, 6.07) is 0.484. The predicted octanol–water partition coefficient (Wildman–Crippen LogP) is 0.673. The van der Waals surface area contributed by atoms with Crippen molar-refractivity contribution in [1.82, 2.24) is 24.6 Å². The lowest BCUT2D eigenvalue weighted by Gasteiger charge is -2.36. The lowest BCUT2D eigenvalue weighted by atomic mass is 10.0. The molecule has 2 saturated heterocycles. The number of piperidine rings is 1. The Morgan fingerprint density at radius 2 is 2.05 bits per heavy atom. The van der Waals surface area contributed by atoms with Crippen molar-refractivity contribution in [2.75, 3.05) is 26.2 Å². The summed E-state index contributed by atoms with van der Waals surface area (Å²) < 4.78 is 2.09. The molecule has 0 radical (unpaired) electrons. The Bertz CT molecular complexity index is 464. The van der Waals surface area contributed by atoms with E-state index in [1.807, 2.05) is 6.92 Å². The number of carbonyl (C=O) groups excluding carboxylic acids is 1. The number of likely N-dealkylation sites (tertiary alicyclic amines) is 2. The summed E-state index contributed by atoms with van der Waals surface area (Å²) in [5.41, 5.74) is 0. The highest BCUT2D eigenvalue weighted by Gasteiger charge is 2.30. The van der Waals surface area contributed by atoms with Crippen molar-refractivity contribution >= 4 is 5.91 Å². The molecule has 2 aliphatic rings. The van der Waals surface area contributed by atoms with E-state index in [0.29, 0.717) is 11.9 Å². The first kappa shape index (κ1) is 13.5. The van der Waals surface area contributed by atoms with Gasteiger partial charge in [-0.05, 0) is 26.2 Å². The van der Waals surface area contributed by atoms with E-state index in [-0.39, 0.29) is 0 Å². The lowest BCUT2D eigenvalue weighted by molar-refractivity contribution is -0.130. The minimum Gasteiger partial charge on any atom is -0.340 e. The number of rotatable bonds is 4. The van der Waals surface area contributed by atoms with Crippen LogP contribution in [0.2, 0.25) is 0 Å². The second-order valence-electron chi connectivity index (χ2n) is 5.84. The van der Waals surface area contributed by atoms with Gasteiger partial charge in [-0.1, -0.05) is 0 Å². The van der Waals surface area contributed by atoms with Crippen LogP contribution in [-0.4, -0.2) is 62.7 Å². The molecular formula is C14H23N5O. The van der Waals surface area contributed by atoms with Gasteiger partial charge >= 0.3 is 0 Å². The van der Waals surface area contributed by atoms with Crippen molar-refractivity contribution in [3.05, 3.63) is 12.2 Å². The van der Waals surface area contributed by atoms with Crippen molar-refractivity contribution in [2.45, 2.75) is 45.2 Å². The van der Waals surface area contributed by atoms with Gasteiger partial charge in [0.15, 0.2) is 0 Å². The number of hydrogen-bond donors (Lipinski definition) is 0. The van der Waals surface area contributed by atoms with Gasteiger partial charge < -0.3 is 14.4 Å². The fourth-order valence-corrected chi connectivity index (χ4v) is 3.29. The maximum Gasteiger partial charge on any atom is 0.222 e. The van der Waals surface area contributed by atoms with Crippen LogP contribution in [-0.2, 0) is 11.3 Å². The average Bonchev–Trinajstić information content (AvgIpc) is 3.06. The minimum absolute atomic E-state index is 0.364. The zero-order valence-electron chi connectivity index (χ0n) is 12.2. The molecule has 0 aromatic carbocycles. The number of amides is 1. The van der Waals surface area contributed by atoms with Gasteiger partial charge in [0.05, 0.1) is 0 Å². The topological polar surface area (TPSA) is 54.3 Å². The van der Waals surface area contributed by atoms with Crippen LogP contribution in [0.1, 0.15) is 31.5 Å². The summed E-state index contributed by atoms with van der Waals surface area (Å²) in [5.74, 6) is 1.34. The third kappa shape index (κ3) is 2.85. The molecule has 0 unspecified atom stereocenters. The molecule has 0 bridgehead atoms. The van der Waals surface area contributed by atoms with Crippen LogP contribution in [0, 0.1) is 6.92 Å². The summed E-state index contributed by atoms with van der Waals surface area (Å²) in [6.45, 7) is 7.14. The van der Waals surface area contributed by atoms with Gasteiger partial charge in [-0.3, -0.25) is 4.79 Å². The smallest absolute Gasteiger partial charge is 0.222 e. The maximum absolute atomic E-state index is 11.8. The highest BCUT2D eigenvalue weighted by molar-refractivity contribution is 5.78. The Hall–Kier alpha value is -1.43. The normalized spacial score (nSPS) is 21.9. The molecule has 0 aliphatic carbocycles. The number of carbonyl (C=O) groups is 1. The van der Waals surface area contributed by atoms with Crippen molar-refractivity contribution in [3.8, 4) is 0 Å². The van der Waals surface area contributed by atoms with Crippen molar-refractivity contribution in [1.29, 1.82) is 0 Å². The fraction of sp³-hybridized carbons (Fsp3) is 0.786. The lowest BCUT2D eigenvalue weighted by Crippen LogP contribution is -2.46. The zero-order valence-corrected chi connectivity index (χ0v) is 12.2. The molecule has 1 amide bonds. The molecule has 0 N–H and O–H groups in total. The van der Waals surface area contributed by atoms with E-state index < -0.39 is 0 Å². The highest BCUT2D eigenvalue weighted by atomic mass is 16.2. The molecule has 2 aliphatic heterocycles. The maximum atomic E-state index is 11.8. The Balaban J connectivity index is 1.44. The van der Waals surface area contributed by atoms with Crippen LogP contribution < -0.4 is 0 Å². The number of aromatic nitrogens is 3. The molecule has 2 fully saturated rings. The molecule has 0 atom stereocenters. The first-order chi connectivity index (χ1) is 9.74. The summed E-state index contributed by atoms with van der Waals surface area (Å²) >= 11 is 0. The van der Waals surface area contributed by atoms with E-state index in [9.17, 15) is 4.79 Å². The predicted molar refractivity (Wildman–Crippen MR) is 75.2 cm³/mol. The van der Waals surface area contributed by atoms with E-state index >= 15 is 0 Å². The molecule has 6 heteroatoms. The third-order valence-corrected chi connectivity index (χ3v) is 4.57. The van der Waals surface area contributed by atoms with Gasteiger partial charge in [0.2, 0.25) is 5.91 Å². The van der Waals surface area contributed by atoms with E-state index in [1.165, 1.54) is 0 Å². The Kier molecular flexibility index (Phi) is 4.00. The summed E-state index contributed by atoms with van der Waals surface area (Å²) in [6.07, 6.45) is 5.84. The molecule has 20 heavy (non-hydrogen) atoms. The number of hydrogen-bond acceptors (Lipinski definition) is 4. The molecule has 0 spiro atoms. The van der Waals surface area contributed by atoms with E-state index in [0.717, 1.165) is 64.2 Å². The second-order valence-corrected chi connectivity index (χ2v) is 5.84. The van der Waals surface area contributed by atoms with Crippen LogP contribution >= 0.6 is 0 Å². The molecule has 1 aromatic rings. The summed E-state index contributed by atoms with van der Waals surface area (Å²) in [4.78, 5) is 16.4. The van der Waals surface area contributed by atoms with E-state index in [4.69, 9.17) is 0 Å². The fourth-order valence-electron chi connectivity index (χ4n) is 3.29. The SMILES string of the molecule is Cc1nncn1CCN1CCC(N2CCCC2=O)CC1. The monoisotopic (exact) mass is 277 g/mol. The van der Waals surface area contributed by atoms with E-state index in [1.54, 1.807) is 6.33 Å². The van der Waals surface area contributed by atoms with Gasteiger partial charge in [-0.25, -0.2) is 0 Å². The molecule has 3 heterocycles. The van der Waals surface area contributed by atoms with Crippen LogP contribution in [0.5, 0.6) is 0 Å². The summed E-state index contributed by atoms with van der Waals surface area (Å²) in [5, 5.41) is 7.91. The Morgan fingerprint density at radius 1 is 1.25 bits per heavy atom. The van der Waals surface area contributed by atoms with Crippen LogP contribution in [0.25, 0.3) is 0 Å². The van der Waals surface area contributed by atoms with E-state index in [2.05, 4.69) is 24.6 Å². The van der Waals surface area contributed by atoms with Crippen molar-refractivity contribution < 1.29 is 4.79 Å². The molecular weight excluding hydrogens is 254 g/mol. The summed E-state index contributed by atoms with van der Waals surface area (Å²) in [7, 11) is 0. The second kappa shape index (κ2) is 5.91. The first-order valence-corrected chi connectivity index (χ1v) is 7.60.